The molecule has 0 radical (unpaired) electrons. The minimum Gasteiger partial charge on any atom is -0.309 e. The van der Waals surface area contributed by atoms with Crippen molar-refractivity contribution in [1.29, 1.82) is 0 Å². The number of fused-ring (bicyclic) bond motifs is 1. The van der Waals surface area contributed by atoms with Gasteiger partial charge in [-0.1, -0.05) is 59.8 Å². The molecule has 2 aromatic heterocycles. The molecule has 4 rings (SSSR count). The molecule has 0 atom stereocenters. The summed E-state index contributed by atoms with van der Waals surface area (Å²) in [6.45, 7) is 0.381. The number of aromatic nitrogens is 4. The quantitative estimate of drug-likeness (QED) is 0.491. The Balaban J connectivity index is 1.83. The van der Waals surface area contributed by atoms with E-state index in [9.17, 15) is 14.0 Å². The van der Waals surface area contributed by atoms with E-state index in [0.29, 0.717) is 22.3 Å². The number of hydrogen-bond donors (Lipinski definition) is 1. The molecule has 29 heavy (non-hydrogen) atoms. The molecule has 0 unspecified atom stereocenters. The molecule has 6 nitrogen and oxygen atoms in total. The van der Waals surface area contributed by atoms with Crippen molar-refractivity contribution >= 4 is 34.5 Å². The van der Waals surface area contributed by atoms with Gasteiger partial charge in [-0.15, -0.1) is 0 Å². The number of thioether (sulfide) groups is 1. The lowest BCUT2D eigenvalue weighted by atomic mass is 10.2. The first-order valence-electron chi connectivity index (χ1n) is 8.75. The minimum absolute atomic E-state index is 0.232. The van der Waals surface area contributed by atoms with Crippen LogP contribution in [0.1, 0.15) is 11.1 Å². The largest absolute Gasteiger partial charge is 0.329 e. The van der Waals surface area contributed by atoms with Crippen molar-refractivity contribution in [2.45, 2.75) is 17.5 Å². The van der Waals surface area contributed by atoms with Crippen LogP contribution in [0, 0.1) is 5.82 Å². The molecule has 148 valence electrons. The summed E-state index contributed by atoms with van der Waals surface area (Å²) < 4.78 is 17.2. The van der Waals surface area contributed by atoms with E-state index in [-0.39, 0.29) is 16.9 Å². The molecule has 9 heteroatoms. The molecule has 0 aliphatic carbocycles. The second-order valence-corrected chi connectivity index (χ2v) is 7.80. The fraction of sp³-hybridized carbons (Fsp3) is 0.150. The minimum atomic E-state index is -0.541. The Bertz CT molecular complexity index is 1290. The first kappa shape index (κ1) is 19.5. The number of H-pyrrole nitrogens is 1. The molecule has 0 fully saturated rings. The predicted octanol–water partition coefficient (Wildman–Crippen LogP) is 3.56. The molecule has 0 bridgehead atoms. The Hall–Kier alpha value is -2.84. The van der Waals surface area contributed by atoms with Gasteiger partial charge in [0.1, 0.15) is 5.82 Å². The van der Waals surface area contributed by atoms with Crippen LogP contribution >= 0.6 is 23.4 Å². The van der Waals surface area contributed by atoms with Gasteiger partial charge in [-0.3, -0.25) is 14.3 Å². The first-order chi connectivity index (χ1) is 14.0. The van der Waals surface area contributed by atoms with Crippen LogP contribution in [0.5, 0.6) is 0 Å². The molecular formula is C20H16ClFN4O2S. The number of hydrogen-bond acceptors (Lipinski definition) is 4. The topological polar surface area (TPSA) is 72.7 Å². The van der Waals surface area contributed by atoms with Gasteiger partial charge in [-0.25, -0.2) is 14.2 Å². The number of nitrogens with one attached hydrogen (secondary N) is 1. The van der Waals surface area contributed by atoms with Crippen molar-refractivity contribution in [3.8, 4) is 0 Å². The molecule has 0 spiro atoms. The monoisotopic (exact) mass is 430 g/mol. The van der Waals surface area contributed by atoms with Gasteiger partial charge in [0.15, 0.2) is 16.3 Å². The lowest BCUT2D eigenvalue weighted by Gasteiger charge is -2.10. The summed E-state index contributed by atoms with van der Waals surface area (Å²) in [4.78, 5) is 31.3. The van der Waals surface area contributed by atoms with Gasteiger partial charge in [0.25, 0.3) is 5.56 Å². The number of imidazole rings is 1. The van der Waals surface area contributed by atoms with E-state index >= 15 is 0 Å². The summed E-state index contributed by atoms with van der Waals surface area (Å²) in [5.74, 6) is -0.170. The van der Waals surface area contributed by atoms with Gasteiger partial charge in [-0.05, 0) is 17.7 Å². The molecule has 1 N–H and O–H groups in total. The maximum Gasteiger partial charge on any atom is 0.329 e. The highest BCUT2D eigenvalue weighted by molar-refractivity contribution is 7.98. The van der Waals surface area contributed by atoms with Gasteiger partial charge in [0.05, 0.1) is 6.54 Å². The Morgan fingerprint density at radius 1 is 1.14 bits per heavy atom. The molecule has 2 heterocycles. The lowest BCUT2D eigenvalue weighted by molar-refractivity contribution is 0.617. The fourth-order valence-corrected chi connectivity index (χ4v) is 4.38. The van der Waals surface area contributed by atoms with Crippen LogP contribution in [-0.4, -0.2) is 19.1 Å². The molecule has 0 saturated carbocycles. The highest BCUT2D eigenvalue weighted by Crippen LogP contribution is 2.30. The number of halogens is 2. The number of aromatic amines is 1. The highest BCUT2D eigenvalue weighted by atomic mass is 35.5. The van der Waals surface area contributed by atoms with Gasteiger partial charge in [0.2, 0.25) is 0 Å². The fourth-order valence-electron chi connectivity index (χ4n) is 3.04. The zero-order valence-electron chi connectivity index (χ0n) is 15.4. The van der Waals surface area contributed by atoms with E-state index in [1.807, 2.05) is 30.3 Å². The van der Waals surface area contributed by atoms with Gasteiger partial charge in [0, 0.05) is 23.4 Å². The molecule has 4 aromatic rings. The highest BCUT2D eigenvalue weighted by Gasteiger charge is 2.19. The van der Waals surface area contributed by atoms with Gasteiger partial charge < -0.3 is 4.57 Å². The molecule has 0 amide bonds. The van der Waals surface area contributed by atoms with Crippen molar-refractivity contribution in [2.75, 3.05) is 0 Å². The first-order valence-corrected chi connectivity index (χ1v) is 10.1. The second-order valence-electron chi connectivity index (χ2n) is 6.45. The van der Waals surface area contributed by atoms with Crippen LogP contribution in [-0.2, 0) is 19.3 Å². The molecule has 0 aliphatic rings. The number of aryl methyl sites for hydroxylation is 1. The summed E-state index contributed by atoms with van der Waals surface area (Å²) in [6.07, 6.45) is 0. The van der Waals surface area contributed by atoms with E-state index < -0.39 is 17.1 Å². The molecular weight excluding hydrogens is 415 g/mol. The van der Waals surface area contributed by atoms with E-state index in [0.717, 1.165) is 5.56 Å². The van der Waals surface area contributed by atoms with Gasteiger partial charge in [-0.2, -0.15) is 0 Å². The Morgan fingerprint density at radius 2 is 1.90 bits per heavy atom. The van der Waals surface area contributed by atoms with Crippen molar-refractivity contribution in [3.63, 3.8) is 0 Å². The van der Waals surface area contributed by atoms with E-state index in [2.05, 4.69) is 9.97 Å². The van der Waals surface area contributed by atoms with Gasteiger partial charge >= 0.3 is 5.69 Å². The smallest absolute Gasteiger partial charge is 0.309 e. The van der Waals surface area contributed by atoms with E-state index in [4.69, 9.17) is 11.6 Å². The maximum absolute atomic E-state index is 14.2. The third kappa shape index (κ3) is 3.73. The van der Waals surface area contributed by atoms with Crippen molar-refractivity contribution in [1.82, 2.24) is 19.1 Å². The van der Waals surface area contributed by atoms with Crippen LogP contribution in [0.3, 0.4) is 0 Å². The standard InChI is InChI=1S/C20H16ClFN4O2S/c1-25-17-16(18(27)24-19(25)28)26(10-12-6-3-2-4-7-12)20(23-17)29-11-13-14(21)8-5-9-15(13)22/h2-9H,10-11H2,1H3,(H,24,27,28). The third-order valence-corrected chi connectivity index (χ3v) is 5.92. The number of nitrogens with zero attached hydrogens (tertiary/aromatic N) is 3. The maximum atomic E-state index is 14.2. The Morgan fingerprint density at radius 3 is 2.62 bits per heavy atom. The van der Waals surface area contributed by atoms with E-state index in [1.165, 1.54) is 22.4 Å². The zero-order chi connectivity index (χ0) is 20.5. The number of rotatable bonds is 5. The van der Waals surface area contributed by atoms with Crippen LogP contribution in [0.15, 0.2) is 63.3 Å². The van der Waals surface area contributed by atoms with Crippen molar-refractivity contribution < 1.29 is 4.39 Å². The normalized spacial score (nSPS) is 11.3. The van der Waals surface area contributed by atoms with Crippen LogP contribution in [0.2, 0.25) is 5.02 Å². The van der Waals surface area contributed by atoms with Crippen molar-refractivity contribution in [3.05, 3.63) is 91.3 Å². The average Bonchev–Trinajstić information content (AvgIpc) is 3.05. The summed E-state index contributed by atoms with van der Waals surface area (Å²) >= 11 is 7.39. The Labute approximate surface area is 174 Å². The third-order valence-electron chi connectivity index (χ3n) is 4.56. The van der Waals surface area contributed by atoms with Crippen LogP contribution in [0.25, 0.3) is 11.2 Å². The lowest BCUT2D eigenvalue weighted by Crippen LogP contribution is -2.29. The molecule has 2 aromatic carbocycles. The molecule has 0 aliphatic heterocycles. The molecule has 0 saturated heterocycles. The number of benzene rings is 2. The summed E-state index contributed by atoms with van der Waals surface area (Å²) in [5, 5.41) is 0.823. The van der Waals surface area contributed by atoms with Crippen LogP contribution in [0.4, 0.5) is 4.39 Å². The van der Waals surface area contributed by atoms with Crippen molar-refractivity contribution in [2.24, 2.45) is 7.05 Å². The summed E-state index contributed by atoms with van der Waals surface area (Å²) in [6, 6.07) is 14.1. The SMILES string of the molecule is Cn1c(=O)[nH]c(=O)c2c1nc(SCc1c(F)cccc1Cl)n2Cc1ccccc1. The van der Waals surface area contributed by atoms with E-state index in [1.54, 1.807) is 23.7 Å². The zero-order valence-corrected chi connectivity index (χ0v) is 16.9. The summed E-state index contributed by atoms with van der Waals surface area (Å²) in [5.41, 5.74) is 0.837. The average molecular weight is 431 g/mol. The Kier molecular flexibility index (Phi) is 5.29. The summed E-state index contributed by atoms with van der Waals surface area (Å²) in [7, 11) is 1.54. The second kappa shape index (κ2) is 7.88. The predicted molar refractivity (Wildman–Crippen MR) is 112 cm³/mol. The van der Waals surface area contributed by atoms with Crippen LogP contribution < -0.4 is 11.2 Å².